The first-order valence-electron chi connectivity index (χ1n) is 4.89. The summed E-state index contributed by atoms with van der Waals surface area (Å²) in [6, 6.07) is 10.1. The van der Waals surface area contributed by atoms with Crippen molar-refractivity contribution in [2.45, 2.75) is 19.3 Å². The maximum absolute atomic E-state index is 5.56. The predicted octanol–water partition coefficient (Wildman–Crippen LogP) is 2.51. The molecule has 1 aliphatic rings. The zero-order valence-corrected chi connectivity index (χ0v) is 8.06. The van der Waals surface area contributed by atoms with Crippen molar-refractivity contribution in [1.82, 2.24) is 0 Å². The van der Waals surface area contributed by atoms with Gasteiger partial charge in [0.05, 0.1) is 13.2 Å². The van der Waals surface area contributed by atoms with Crippen LogP contribution >= 0.6 is 0 Å². The fraction of sp³-hybridized carbons (Fsp3) is 0.333. The van der Waals surface area contributed by atoms with E-state index in [2.05, 4.69) is 6.08 Å². The minimum atomic E-state index is -0.163. The number of hydrogen-bond donors (Lipinski definition) is 0. The first-order chi connectivity index (χ1) is 6.95. The van der Waals surface area contributed by atoms with Crippen molar-refractivity contribution in [1.29, 1.82) is 0 Å². The summed E-state index contributed by atoms with van der Waals surface area (Å²) in [7, 11) is 0. The van der Waals surface area contributed by atoms with Gasteiger partial charge >= 0.3 is 0 Å². The van der Waals surface area contributed by atoms with Crippen LogP contribution in [-0.2, 0) is 16.1 Å². The highest BCUT2D eigenvalue weighted by atomic mass is 16.7. The molecule has 0 aromatic heterocycles. The Morgan fingerprint density at radius 2 is 2.14 bits per heavy atom. The van der Waals surface area contributed by atoms with Gasteiger partial charge in [-0.3, -0.25) is 0 Å². The standard InChI is InChI=1S/C12H14O2/c1-2-6-11(7-3-1)10-14-12-8-4-5-9-13-12/h1-4,6-8,12H,5,9-10H2/t12-/m0/s1. The van der Waals surface area contributed by atoms with Crippen molar-refractivity contribution in [3.8, 4) is 0 Å². The van der Waals surface area contributed by atoms with Gasteiger partial charge in [-0.1, -0.05) is 36.4 Å². The van der Waals surface area contributed by atoms with Crippen LogP contribution in [-0.4, -0.2) is 12.9 Å². The van der Waals surface area contributed by atoms with Crippen LogP contribution in [0.3, 0.4) is 0 Å². The third-order valence-corrected chi connectivity index (χ3v) is 2.12. The van der Waals surface area contributed by atoms with Crippen molar-refractivity contribution < 1.29 is 9.47 Å². The Morgan fingerprint density at radius 1 is 1.29 bits per heavy atom. The molecule has 1 heterocycles. The fourth-order valence-electron chi connectivity index (χ4n) is 1.37. The quantitative estimate of drug-likeness (QED) is 0.682. The van der Waals surface area contributed by atoms with Crippen molar-refractivity contribution >= 4 is 0 Å². The lowest BCUT2D eigenvalue weighted by molar-refractivity contribution is -0.122. The van der Waals surface area contributed by atoms with Crippen molar-refractivity contribution in [3.05, 3.63) is 48.0 Å². The fourth-order valence-corrected chi connectivity index (χ4v) is 1.37. The monoisotopic (exact) mass is 190 g/mol. The maximum atomic E-state index is 5.56. The minimum absolute atomic E-state index is 0.163. The molecule has 0 fully saturated rings. The molecule has 2 nitrogen and oxygen atoms in total. The molecule has 14 heavy (non-hydrogen) atoms. The highest BCUT2D eigenvalue weighted by molar-refractivity contribution is 5.13. The first kappa shape index (κ1) is 9.44. The average molecular weight is 190 g/mol. The largest absolute Gasteiger partial charge is 0.349 e. The van der Waals surface area contributed by atoms with Gasteiger partial charge < -0.3 is 9.47 Å². The van der Waals surface area contributed by atoms with Crippen molar-refractivity contribution in [3.63, 3.8) is 0 Å². The summed E-state index contributed by atoms with van der Waals surface area (Å²) in [5, 5.41) is 0. The molecule has 0 unspecified atom stereocenters. The van der Waals surface area contributed by atoms with Gasteiger partial charge in [0.2, 0.25) is 0 Å². The van der Waals surface area contributed by atoms with Crippen molar-refractivity contribution in [2.24, 2.45) is 0 Å². The molecule has 1 atom stereocenters. The van der Waals surface area contributed by atoms with Crippen LogP contribution < -0.4 is 0 Å². The van der Waals surface area contributed by atoms with E-state index >= 15 is 0 Å². The van der Waals surface area contributed by atoms with Gasteiger partial charge in [-0.05, 0) is 18.1 Å². The second-order valence-electron chi connectivity index (χ2n) is 3.25. The van der Waals surface area contributed by atoms with E-state index in [1.807, 2.05) is 36.4 Å². The van der Waals surface area contributed by atoms with E-state index < -0.39 is 0 Å². The van der Waals surface area contributed by atoms with E-state index in [1.54, 1.807) is 0 Å². The molecule has 0 amide bonds. The zero-order chi connectivity index (χ0) is 9.64. The molecule has 0 aliphatic carbocycles. The normalized spacial score (nSPS) is 21.0. The van der Waals surface area contributed by atoms with Crippen LogP contribution in [0.15, 0.2) is 42.5 Å². The van der Waals surface area contributed by atoms with Crippen LogP contribution in [0, 0.1) is 0 Å². The SMILES string of the molecule is C1=C[C@H](OCc2ccccc2)OCC1. The Kier molecular flexibility index (Phi) is 3.33. The second kappa shape index (κ2) is 4.94. The number of rotatable bonds is 3. The highest BCUT2D eigenvalue weighted by Crippen LogP contribution is 2.09. The topological polar surface area (TPSA) is 18.5 Å². The molecule has 0 saturated carbocycles. The minimum Gasteiger partial charge on any atom is -0.349 e. The number of ether oxygens (including phenoxy) is 2. The van der Waals surface area contributed by atoms with Crippen molar-refractivity contribution in [2.75, 3.05) is 6.61 Å². The summed E-state index contributed by atoms with van der Waals surface area (Å²) in [6.45, 7) is 1.37. The van der Waals surface area contributed by atoms with Gasteiger partial charge in [0, 0.05) is 0 Å². The van der Waals surface area contributed by atoms with E-state index in [1.165, 1.54) is 5.56 Å². The lowest BCUT2D eigenvalue weighted by atomic mass is 10.2. The van der Waals surface area contributed by atoms with Crippen LogP contribution in [0.5, 0.6) is 0 Å². The van der Waals surface area contributed by atoms with Gasteiger partial charge in [0.15, 0.2) is 6.29 Å². The molecular weight excluding hydrogens is 176 g/mol. The van der Waals surface area contributed by atoms with E-state index in [0.717, 1.165) is 13.0 Å². The molecule has 0 radical (unpaired) electrons. The molecule has 74 valence electrons. The first-order valence-corrected chi connectivity index (χ1v) is 4.89. The predicted molar refractivity (Wildman–Crippen MR) is 54.7 cm³/mol. The Hall–Kier alpha value is -1.12. The van der Waals surface area contributed by atoms with Gasteiger partial charge in [-0.2, -0.15) is 0 Å². The molecule has 1 aliphatic heterocycles. The molecule has 0 saturated heterocycles. The maximum Gasteiger partial charge on any atom is 0.177 e. The molecule has 2 heteroatoms. The third-order valence-electron chi connectivity index (χ3n) is 2.12. The van der Waals surface area contributed by atoms with E-state index in [9.17, 15) is 0 Å². The number of hydrogen-bond acceptors (Lipinski definition) is 2. The van der Waals surface area contributed by atoms with E-state index in [4.69, 9.17) is 9.47 Å². The lowest BCUT2D eigenvalue weighted by Crippen LogP contribution is -2.17. The van der Waals surface area contributed by atoms with Gasteiger partial charge in [0.1, 0.15) is 0 Å². The summed E-state index contributed by atoms with van der Waals surface area (Å²) >= 11 is 0. The molecule has 0 bridgehead atoms. The second-order valence-corrected chi connectivity index (χ2v) is 3.25. The van der Waals surface area contributed by atoms with E-state index in [-0.39, 0.29) is 6.29 Å². The Bertz CT molecular complexity index is 292. The smallest absolute Gasteiger partial charge is 0.177 e. The van der Waals surface area contributed by atoms with Gasteiger partial charge in [-0.25, -0.2) is 0 Å². The number of benzene rings is 1. The van der Waals surface area contributed by atoms with Crippen LogP contribution in [0.2, 0.25) is 0 Å². The summed E-state index contributed by atoms with van der Waals surface area (Å²) in [5.41, 5.74) is 1.18. The summed E-state index contributed by atoms with van der Waals surface area (Å²) < 4.78 is 11.0. The summed E-state index contributed by atoms with van der Waals surface area (Å²) in [4.78, 5) is 0. The Balaban J connectivity index is 1.82. The van der Waals surface area contributed by atoms with Crippen LogP contribution in [0.4, 0.5) is 0 Å². The Morgan fingerprint density at radius 3 is 2.86 bits per heavy atom. The highest BCUT2D eigenvalue weighted by Gasteiger charge is 2.07. The lowest BCUT2D eigenvalue weighted by Gasteiger charge is -2.17. The summed E-state index contributed by atoms with van der Waals surface area (Å²) in [6.07, 6.45) is 4.89. The Labute approximate surface area is 84.2 Å². The molecular formula is C12H14O2. The molecule has 2 rings (SSSR count). The zero-order valence-electron chi connectivity index (χ0n) is 8.06. The molecule has 0 N–H and O–H groups in total. The van der Waals surface area contributed by atoms with Crippen LogP contribution in [0.1, 0.15) is 12.0 Å². The van der Waals surface area contributed by atoms with Gasteiger partial charge in [0.25, 0.3) is 0 Å². The van der Waals surface area contributed by atoms with Gasteiger partial charge in [-0.15, -0.1) is 0 Å². The third kappa shape index (κ3) is 2.69. The summed E-state index contributed by atoms with van der Waals surface area (Å²) in [5.74, 6) is 0. The molecule has 1 aromatic rings. The molecule has 0 spiro atoms. The van der Waals surface area contributed by atoms with E-state index in [0.29, 0.717) is 6.61 Å². The molecule has 1 aromatic carbocycles. The van der Waals surface area contributed by atoms with Crippen LogP contribution in [0.25, 0.3) is 0 Å². The average Bonchev–Trinajstić information content (AvgIpc) is 2.29.